The second kappa shape index (κ2) is 9.53. The number of carbonyl (C=O) groups is 1. The lowest BCUT2D eigenvalue weighted by atomic mass is 9.78. The molecule has 3 rings (SSSR count). The van der Waals surface area contributed by atoms with Gasteiger partial charge in [0.25, 0.3) is 0 Å². The summed E-state index contributed by atoms with van der Waals surface area (Å²) in [6, 6.07) is 14.7. The normalized spacial score (nSPS) is 20.8. The number of halogens is 2. The highest BCUT2D eigenvalue weighted by atomic mass is 35.5. The van der Waals surface area contributed by atoms with Crippen LogP contribution in [0.15, 0.2) is 48.5 Å². The Balaban J connectivity index is 1.54. The average molecular weight is 403 g/mol. The number of rotatable bonds is 6. The van der Waals surface area contributed by atoms with Gasteiger partial charge in [-0.3, -0.25) is 4.79 Å². The van der Waals surface area contributed by atoms with Crippen LogP contribution in [0.2, 0.25) is 5.02 Å². The Morgan fingerprint density at radius 1 is 1.14 bits per heavy atom. The molecule has 0 aromatic heterocycles. The van der Waals surface area contributed by atoms with Crippen LogP contribution in [0.5, 0.6) is 0 Å². The van der Waals surface area contributed by atoms with Crippen LogP contribution >= 0.6 is 11.6 Å². The smallest absolute Gasteiger partial charge is 0.224 e. The first-order valence-electron chi connectivity index (χ1n) is 9.88. The average Bonchev–Trinajstić information content (AvgIpc) is 2.65. The molecule has 0 spiro atoms. The first kappa shape index (κ1) is 20.8. The molecular formula is C23H28ClFN2O. The van der Waals surface area contributed by atoms with Gasteiger partial charge >= 0.3 is 0 Å². The van der Waals surface area contributed by atoms with E-state index in [1.807, 2.05) is 30.3 Å². The monoisotopic (exact) mass is 402 g/mol. The van der Waals surface area contributed by atoms with Gasteiger partial charge in [0.05, 0.1) is 6.42 Å². The van der Waals surface area contributed by atoms with Crippen molar-refractivity contribution in [1.29, 1.82) is 0 Å². The van der Waals surface area contributed by atoms with Crippen molar-refractivity contribution in [2.24, 2.45) is 5.92 Å². The minimum absolute atomic E-state index is 0.0556. The van der Waals surface area contributed by atoms with Gasteiger partial charge in [0.2, 0.25) is 5.91 Å². The van der Waals surface area contributed by atoms with Gasteiger partial charge in [-0.05, 0) is 81.1 Å². The van der Waals surface area contributed by atoms with E-state index in [-0.39, 0.29) is 23.8 Å². The highest BCUT2D eigenvalue weighted by Crippen LogP contribution is 2.37. The predicted octanol–water partition coefficient (Wildman–Crippen LogP) is 5.00. The Labute approximate surface area is 171 Å². The molecule has 1 fully saturated rings. The molecule has 150 valence electrons. The van der Waals surface area contributed by atoms with Gasteiger partial charge in [-0.2, -0.15) is 0 Å². The fourth-order valence-corrected chi connectivity index (χ4v) is 4.45. The molecule has 0 aliphatic heterocycles. The third-order valence-electron chi connectivity index (χ3n) is 5.61. The summed E-state index contributed by atoms with van der Waals surface area (Å²) in [6.07, 6.45) is 4.32. The number of hydrogen-bond acceptors (Lipinski definition) is 2. The quantitative estimate of drug-likeness (QED) is 0.737. The summed E-state index contributed by atoms with van der Waals surface area (Å²) in [5, 5.41) is 3.85. The van der Waals surface area contributed by atoms with Crippen LogP contribution in [0.3, 0.4) is 0 Å². The van der Waals surface area contributed by atoms with Gasteiger partial charge in [-0.15, -0.1) is 0 Å². The first-order chi connectivity index (χ1) is 13.4. The molecule has 0 saturated heterocycles. The van der Waals surface area contributed by atoms with Crippen LogP contribution in [0.25, 0.3) is 0 Å². The molecule has 1 atom stereocenters. The molecule has 1 saturated carbocycles. The molecule has 2 aromatic carbocycles. The maximum atomic E-state index is 13.7. The second-order valence-corrected chi connectivity index (χ2v) is 8.38. The lowest BCUT2D eigenvalue weighted by Crippen LogP contribution is -2.40. The Hall–Kier alpha value is -1.91. The third kappa shape index (κ3) is 5.55. The van der Waals surface area contributed by atoms with Gasteiger partial charge < -0.3 is 10.2 Å². The van der Waals surface area contributed by atoms with Crippen molar-refractivity contribution in [1.82, 2.24) is 10.2 Å². The SMILES string of the molecule is CN(C)C(c1cccc(F)c1)C1CCC(NC(=O)Cc2ccc(Cl)cc2)CC1. The number of hydrogen-bond donors (Lipinski definition) is 1. The van der Waals surface area contributed by atoms with E-state index in [2.05, 4.69) is 24.3 Å². The molecule has 28 heavy (non-hydrogen) atoms. The maximum absolute atomic E-state index is 13.7. The minimum atomic E-state index is -0.188. The Morgan fingerprint density at radius 2 is 1.82 bits per heavy atom. The van der Waals surface area contributed by atoms with Crippen LogP contribution in [0.1, 0.15) is 42.9 Å². The van der Waals surface area contributed by atoms with E-state index in [0.717, 1.165) is 36.8 Å². The number of amides is 1. The van der Waals surface area contributed by atoms with E-state index in [1.165, 1.54) is 6.07 Å². The molecule has 1 amide bonds. The van der Waals surface area contributed by atoms with E-state index >= 15 is 0 Å². The van der Waals surface area contributed by atoms with E-state index in [4.69, 9.17) is 11.6 Å². The minimum Gasteiger partial charge on any atom is -0.353 e. The van der Waals surface area contributed by atoms with Crippen molar-refractivity contribution in [2.75, 3.05) is 14.1 Å². The van der Waals surface area contributed by atoms with Crippen LogP contribution in [0, 0.1) is 11.7 Å². The summed E-state index contributed by atoms with van der Waals surface area (Å²) in [5.74, 6) is 0.328. The molecule has 1 unspecified atom stereocenters. The molecule has 0 radical (unpaired) electrons. The summed E-state index contributed by atoms with van der Waals surface area (Å²) >= 11 is 5.89. The third-order valence-corrected chi connectivity index (χ3v) is 5.86. The fraction of sp³-hybridized carbons (Fsp3) is 0.435. The molecule has 5 heteroatoms. The molecule has 1 N–H and O–H groups in total. The van der Waals surface area contributed by atoms with E-state index < -0.39 is 0 Å². The van der Waals surface area contributed by atoms with Crippen molar-refractivity contribution < 1.29 is 9.18 Å². The maximum Gasteiger partial charge on any atom is 0.224 e. The largest absolute Gasteiger partial charge is 0.353 e. The molecule has 3 nitrogen and oxygen atoms in total. The zero-order valence-corrected chi connectivity index (χ0v) is 17.3. The van der Waals surface area contributed by atoms with Crippen molar-refractivity contribution in [2.45, 2.75) is 44.2 Å². The molecule has 2 aromatic rings. The standard InChI is InChI=1S/C23H28ClFN2O/c1-27(2)23(18-4-3-5-20(25)15-18)17-8-12-21(13-9-17)26-22(28)14-16-6-10-19(24)11-7-16/h3-7,10-11,15,17,21,23H,8-9,12-14H2,1-2H3,(H,26,28). The van der Waals surface area contributed by atoms with Crippen LogP contribution in [0.4, 0.5) is 4.39 Å². The molecular weight excluding hydrogens is 375 g/mol. The number of nitrogens with zero attached hydrogens (tertiary/aromatic N) is 1. The lowest BCUT2D eigenvalue weighted by molar-refractivity contribution is -0.121. The zero-order valence-electron chi connectivity index (χ0n) is 16.5. The Kier molecular flexibility index (Phi) is 7.08. The van der Waals surface area contributed by atoms with Crippen molar-refractivity contribution >= 4 is 17.5 Å². The first-order valence-corrected chi connectivity index (χ1v) is 10.3. The van der Waals surface area contributed by atoms with Gasteiger partial charge in [-0.25, -0.2) is 4.39 Å². The van der Waals surface area contributed by atoms with Crippen molar-refractivity contribution in [3.63, 3.8) is 0 Å². The lowest BCUT2D eigenvalue weighted by Gasteiger charge is -2.37. The van der Waals surface area contributed by atoms with E-state index in [9.17, 15) is 9.18 Å². The molecule has 0 heterocycles. The van der Waals surface area contributed by atoms with Crippen LogP contribution in [-0.4, -0.2) is 30.9 Å². The van der Waals surface area contributed by atoms with Crippen LogP contribution in [-0.2, 0) is 11.2 Å². The fourth-order valence-electron chi connectivity index (χ4n) is 4.33. The van der Waals surface area contributed by atoms with Gasteiger partial charge in [-0.1, -0.05) is 35.9 Å². The summed E-state index contributed by atoms with van der Waals surface area (Å²) < 4.78 is 13.7. The summed E-state index contributed by atoms with van der Waals surface area (Å²) in [4.78, 5) is 14.5. The Morgan fingerprint density at radius 3 is 2.43 bits per heavy atom. The van der Waals surface area contributed by atoms with Gasteiger partial charge in [0, 0.05) is 17.1 Å². The summed E-state index contributed by atoms with van der Waals surface area (Å²) in [6.45, 7) is 0. The molecule has 0 bridgehead atoms. The number of carbonyl (C=O) groups excluding carboxylic acids is 1. The topological polar surface area (TPSA) is 32.3 Å². The van der Waals surface area contributed by atoms with Crippen LogP contribution < -0.4 is 5.32 Å². The summed E-state index contributed by atoms with van der Waals surface area (Å²) in [5.41, 5.74) is 1.99. The predicted molar refractivity (Wildman–Crippen MR) is 112 cm³/mol. The zero-order chi connectivity index (χ0) is 20.1. The van der Waals surface area contributed by atoms with Crippen molar-refractivity contribution in [3.05, 3.63) is 70.5 Å². The van der Waals surface area contributed by atoms with Crippen molar-refractivity contribution in [3.8, 4) is 0 Å². The van der Waals surface area contributed by atoms with Gasteiger partial charge in [0.15, 0.2) is 0 Å². The highest BCUT2D eigenvalue weighted by molar-refractivity contribution is 6.30. The molecule has 1 aliphatic rings. The van der Waals surface area contributed by atoms with Gasteiger partial charge in [0.1, 0.15) is 5.82 Å². The summed E-state index contributed by atoms with van der Waals surface area (Å²) in [7, 11) is 4.10. The van der Waals surface area contributed by atoms with E-state index in [1.54, 1.807) is 12.1 Å². The Bertz CT molecular complexity index is 785. The number of benzene rings is 2. The van der Waals surface area contributed by atoms with E-state index in [0.29, 0.717) is 17.4 Å². The highest BCUT2D eigenvalue weighted by Gasteiger charge is 2.30. The number of nitrogens with one attached hydrogen (secondary N) is 1. The second-order valence-electron chi connectivity index (χ2n) is 7.95. The molecule has 1 aliphatic carbocycles.